The van der Waals surface area contributed by atoms with E-state index in [1.54, 1.807) is 0 Å². The van der Waals surface area contributed by atoms with Gasteiger partial charge in [-0.05, 0) is 34.9 Å². The van der Waals surface area contributed by atoms with Gasteiger partial charge in [-0.25, -0.2) is 0 Å². The Morgan fingerprint density at radius 2 is 1.63 bits per heavy atom. The minimum Gasteiger partial charge on any atom is -0.489 e. The molecule has 3 aromatic rings. The summed E-state index contributed by atoms with van der Waals surface area (Å²) in [5.41, 5.74) is 3.38. The summed E-state index contributed by atoms with van der Waals surface area (Å²) in [4.78, 5) is 2.42. The number of benzene rings is 3. The van der Waals surface area contributed by atoms with Crippen molar-refractivity contribution in [1.29, 1.82) is 0 Å². The lowest BCUT2D eigenvalue weighted by Crippen LogP contribution is -2.43. The molecule has 30 heavy (non-hydrogen) atoms. The number of hydrogen-bond acceptors (Lipinski definition) is 4. The van der Waals surface area contributed by atoms with Crippen LogP contribution in [0.5, 0.6) is 5.75 Å². The van der Waals surface area contributed by atoms with E-state index in [9.17, 15) is 0 Å². The van der Waals surface area contributed by atoms with Crippen molar-refractivity contribution in [2.24, 2.45) is 5.10 Å². The van der Waals surface area contributed by atoms with Crippen LogP contribution in [-0.2, 0) is 13.2 Å². The SMILES string of the molecule is Clc1ccccc1CN1CCN(N=Cc2cccc(OCc3ccccc3)c2)CC1. The quantitative estimate of drug-likeness (QED) is 0.500. The van der Waals surface area contributed by atoms with Crippen LogP contribution in [0, 0.1) is 0 Å². The largest absolute Gasteiger partial charge is 0.489 e. The van der Waals surface area contributed by atoms with E-state index in [0.717, 1.165) is 54.6 Å². The molecular weight excluding hydrogens is 394 g/mol. The molecule has 0 bridgehead atoms. The monoisotopic (exact) mass is 419 g/mol. The summed E-state index contributed by atoms with van der Waals surface area (Å²) in [6.07, 6.45) is 1.92. The first-order valence-electron chi connectivity index (χ1n) is 10.3. The molecule has 0 saturated carbocycles. The number of halogens is 1. The van der Waals surface area contributed by atoms with E-state index in [0.29, 0.717) is 6.61 Å². The number of ether oxygens (including phenoxy) is 1. The second-order valence-corrected chi connectivity index (χ2v) is 7.82. The van der Waals surface area contributed by atoms with Crippen molar-refractivity contribution < 1.29 is 4.74 Å². The Balaban J connectivity index is 1.27. The van der Waals surface area contributed by atoms with Gasteiger partial charge in [-0.3, -0.25) is 9.91 Å². The zero-order chi connectivity index (χ0) is 20.6. The van der Waals surface area contributed by atoms with Crippen LogP contribution in [-0.4, -0.2) is 42.3 Å². The van der Waals surface area contributed by atoms with Crippen molar-refractivity contribution in [3.8, 4) is 5.75 Å². The molecular formula is C25H26ClN3O. The van der Waals surface area contributed by atoms with E-state index in [-0.39, 0.29) is 0 Å². The predicted molar refractivity (Wildman–Crippen MR) is 123 cm³/mol. The van der Waals surface area contributed by atoms with Gasteiger partial charge in [-0.1, -0.05) is 72.3 Å². The topological polar surface area (TPSA) is 28.1 Å². The third-order valence-electron chi connectivity index (χ3n) is 5.18. The highest BCUT2D eigenvalue weighted by atomic mass is 35.5. The maximum atomic E-state index is 6.29. The van der Waals surface area contributed by atoms with Gasteiger partial charge < -0.3 is 4.74 Å². The van der Waals surface area contributed by atoms with E-state index in [1.807, 2.05) is 66.9 Å². The highest BCUT2D eigenvalue weighted by Gasteiger charge is 2.16. The third kappa shape index (κ3) is 5.85. The Hall–Kier alpha value is -2.82. The average Bonchev–Trinajstić information content (AvgIpc) is 2.80. The highest BCUT2D eigenvalue weighted by molar-refractivity contribution is 6.31. The molecule has 5 heteroatoms. The summed E-state index contributed by atoms with van der Waals surface area (Å²) in [6, 6.07) is 26.3. The van der Waals surface area contributed by atoms with Crippen LogP contribution in [0.4, 0.5) is 0 Å². The van der Waals surface area contributed by atoms with Crippen molar-refractivity contribution in [2.75, 3.05) is 26.2 Å². The second-order valence-electron chi connectivity index (χ2n) is 7.41. The lowest BCUT2D eigenvalue weighted by atomic mass is 10.2. The summed E-state index contributed by atoms with van der Waals surface area (Å²) >= 11 is 6.29. The zero-order valence-electron chi connectivity index (χ0n) is 17.0. The molecule has 1 fully saturated rings. The Kier molecular flexibility index (Phi) is 7.01. The van der Waals surface area contributed by atoms with Crippen LogP contribution in [0.3, 0.4) is 0 Å². The fraction of sp³-hybridized carbons (Fsp3) is 0.240. The van der Waals surface area contributed by atoms with Gasteiger partial charge in [0.25, 0.3) is 0 Å². The lowest BCUT2D eigenvalue weighted by Gasteiger charge is -2.33. The van der Waals surface area contributed by atoms with Gasteiger partial charge in [0.15, 0.2) is 0 Å². The molecule has 0 unspecified atom stereocenters. The molecule has 0 amide bonds. The minimum atomic E-state index is 0.564. The molecule has 1 aliphatic rings. The molecule has 0 radical (unpaired) electrons. The summed E-state index contributed by atoms with van der Waals surface area (Å²) < 4.78 is 5.91. The van der Waals surface area contributed by atoms with E-state index in [1.165, 1.54) is 5.56 Å². The molecule has 1 saturated heterocycles. The molecule has 154 valence electrons. The van der Waals surface area contributed by atoms with Crippen molar-refractivity contribution in [3.05, 3.63) is 101 Å². The number of hydrazone groups is 1. The van der Waals surface area contributed by atoms with Gasteiger partial charge in [0.2, 0.25) is 0 Å². The van der Waals surface area contributed by atoms with Gasteiger partial charge >= 0.3 is 0 Å². The molecule has 0 aliphatic carbocycles. The fourth-order valence-corrected chi connectivity index (χ4v) is 3.65. The molecule has 4 nitrogen and oxygen atoms in total. The molecule has 0 aromatic heterocycles. The number of nitrogens with zero attached hydrogens (tertiary/aromatic N) is 3. The van der Waals surface area contributed by atoms with Crippen molar-refractivity contribution in [1.82, 2.24) is 9.91 Å². The second kappa shape index (κ2) is 10.3. The Morgan fingerprint density at radius 3 is 2.43 bits per heavy atom. The molecule has 0 atom stereocenters. The first-order valence-corrected chi connectivity index (χ1v) is 10.7. The van der Waals surface area contributed by atoms with E-state index < -0.39 is 0 Å². The molecule has 4 rings (SSSR count). The highest BCUT2D eigenvalue weighted by Crippen LogP contribution is 2.18. The fourth-order valence-electron chi connectivity index (χ4n) is 3.45. The van der Waals surface area contributed by atoms with Crippen LogP contribution in [0.15, 0.2) is 84.0 Å². The Labute approximate surface area is 183 Å². The Bertz CT molecular complexity index is 969. The first kappa shape index (κ1) is 20.5. The minimum absolute atomic E-state index is 0.564. The molecule has 3 aromatic carbocycles. The van der Waals surface area contributed by atoms with Crippen LogP contribution >= 0.6 is 11.6 Å². The molecule has 1 aliphatic heterocycles. The Morgan fingerprint density at radius 1 is 0.867 bits per heavy atom. The maximum Gasteiger partial charge on any atom is 0.120 e. The van der Waals surface area contributed by atoms with Crippen molar-refractivity contribution >= 4 is 17.8 Å². The average molecular weight is 420 g/mol. The zero-order valence-corrected chi connectivity index (χ0v) is 17.7. The number of hydrogen-bond donors (Lipinski definition) is 0. The normalized spacial score (nSPS) is 14.9. The first-order chi connectivity index (χ1) is 14.8. The number of piperazine rings is 1. The van der Waals surface area contributed by atoms with Gasteiger partial charge in [0, 0.05) is 37.7 Å². The summed E-state index contributed by atoms with van der Waals surface area (Å²) in [5, 5.41) is 7.64. The lowest BCUT2D eigenvalue weighted by molar-refractivity contribution is 0.131. The van der Waals surface area contributed by atoms with Crippen LogP contribution in [0.2, 0.25) is 5.02 Å². The smallest absolute Gasteiger partial charge is 0.120 e. The standard InChI is InChI=1S/C25H26ClN3O/c26-25-12-5-4-10-23(25)19-28-13-15-29(16-14-28)27-18-22-9-6-11-24(17-22)30-20-21-7-2-1-3-8-21/h1-12,17-18H,13-16,19-20H2. The van der Waals surface area contributed by atoms with Crippen molar-refractivity contribution in [3.63, 3.8) is 0 Å². The summed E-state index contributed by atoms with van der Waals surface area (Å²) in [7, 11) is 0. The molecule has 1 heterocycles. The van der Waals surface area contributed by atoms with Crippen molar-refractivity contribution in [2.45, 2.75) is 13.2 Å². The van der Waals surface area contributed by atoms with E-state index in [4.69, 9.17) is 16.3 Å². The van der Waals surface area contributed by atoms with Gasteiger partial charge in [0.1, 0.15) is 12.4 Å². The summed E-state index contributed by atoms with van der Waals surface area (Å²) in [5.74, 6) is 0.854. The predicted octanol–water partition coefficient (Wildman–Crippen LogP) is 5.07. The summed E-state index contributed by atoms with van der Waals surface area (Å²) in [6.45, 7) is 5.22. The van der Waals surface area contributed by atoms with Gasteiger partial charge in [-0.2, -0.15) is 5.10 Å². The van der Waals surface area contributed by atoms with Crippen LogP contribution in [0.1, 0.15) is 16.7 Å². The number of rotatable bonds is 7. The molecule has 0 N–H and O–H groups in total. The third-order valence-corrected chi connectivity index (χ3v) is 5.55. The van der Waals surface area contributed by atoms with Gasteiger partial charge in [0.05, 0.1) is 6.21 Å². The van der Waals surface area contributed by atoms with Gasteiger partial charge in [-0.15, -0.1) is 0 Å². The maximum absolute atomic E-state index is 6.29. The van der Waals surface area contributed by atoms with Crippen LogP contribution < -0.4 is 4.74 Å². The van der Waals surface area contributed by atoms with Crippen LogP contribution in [0.25, 0.3) is 0 Å². The molecule has 0 spiro atoms. The van der Waals surface area contributed by atoms with E-state index >= 15 is 0 Å². The van der Waals surface area contributed by atoms with E-state index in [2.05, 4.69) is 33.2 Å².